The molecule has 0 amide bonds. The Balaban J connectivity index is 2.55. The van der Waals surface area contributed by atoms with Gasteiger partial charge in [0.15, 0.2) is 0 Å². The van der Waals surface area contributed by atoms with Crippen LogP contribution in [0.5, 0.6) is 0 Å². The molecule has 20 heavy (non-hydrogen) atoms. The van der Waals surface area contributed by atoms with Crippen molar-refractivity contribution in [1.29, 1.82) is 0 Å². The molecule has 1 heterocycles. The molecule has 0 aliphatic heterocycles. The summed E-state index contributed by atoms with van der Waals surface area (Å²) in [5.74, 6) is -1.46. The summed E-state index contributed by atoms with van der Waals surface area (Å²) in [6.07, 6.45) is 3.41. The van der Waals surface area contributed by atoms with E-state index in [2.05, 4.69) is 11.6 Å². The van der Waals surface area contributed by atoms with Crippen molar-refractivity contribution in [3.8, 4) is 0 Å². The van der Waals surface area contributed by atoms with E-state index >= 15 is 0 Å². The van der Waals surface area contributed by atoms with Gasteiger partial charge in [-0.3, -0.25) is 4.79 Å². The number of carbonyl (C=O) groups is 1. The third-order valence-electron chi connectivity index (χ3n) is 3.48. The summed E-state index contributed by atoms with van der Waals surface area (Å²) in [6, 6.07) is 5.63. The fraction of sp³-hybridized carbons (Fsp3) is 0.188. The summed E-state index contributed by atoms with van der Waals surface area (Å²) < 4.78 is 0. The third-order valence-corrected chi connectivity index (χ3v) is 3.71. The van der Waals surface area contributed by atoms with E-state index in [0.29, 0.717) is 10.6 Å². The lowest BCUT2D eigenvalue weighted by Crippen LogP contribution is -2.10. The molecule has 2 aromatic rings. The monoisotopic (exact) mass is 289 g/mol. The molecule has 2 rings (SSSR count). The Labute approximate surface area is 122 Å². The lowest BCUT2D eigenvalue weighted by molar-refractivity contribution is -0.139. The maximum Gasteiger partial charge on any atom is 0.310 e. The second kappa shape index (κ2) is 5.55. The summed E-state index contributed by atoms with van der Waals surface area (Å²) in [5.41, 5.74) is 3.56. The predicted octanol–water partition coefficient (Wildman–Crippen LogP) is 4.42. The molecule has 2 N–H and O–H groups in total. The van der Waals surface area contributed by atoms with Gasteiger partial charge in [-0.05, 0) is 49.3 Å². The fourth-order valence-electron chi connectivity index (χ4n) is 2.13. The molecule has 0 aliphatic carbocycles. The first-order valence-electron chi connectivity index (χ1n) is 6.28. The standard InChI is InChI=1S/C16H16ClNO2/c1-4-11(9(2)16(19)20)7-15-10(3)13-8-12(17)5-6-14(13)18-15/h4-9,18H,1H2,2-3H3,(H,19,20)/b11-7+. The quantitative estimate of drug-likeness (QED) is 0.819. The average Bonchev–Trinajstić information content (AvgIpc) is 2.72. The lowest BCUT2D eigenvalue weighted by Gasteiger charge is -2.07. The molecule has 1 unspecified atom stereocenters. The number of carboxylic acid groups (broad SMARTS) is 1. The van der Waals surface area contributed by atoms with Crippen LogP contribution in [-0.2, 0) is 4.79 Å². The number of H-pyrrole nitrogens is 1. The first kappa shape index (κ1) is 14.4. The SMILES string of the molecule is C=C/C(=C\c1[nH]c2ccc(Cl)cc2c1C)C(C)C(=O)O. The highest BCUT2D eigenvalue weighted by Gasteiger charge is 2.15. The number of hydrogen-bond donors (Lipinski definition) is 2. The largest absolute Gasteiger partial charge is 0.481 e. The molecule has 0 saturated heterocycles. The number of carboxylic acids is 1. The molecular weight excluding hydrogens is 274 g/mol. The van der Waals surface area contributed by atoms with Crippen molar-refractivity contribution in [2.75, 3.05) is 0 Å². The summed E-state index contributed by atoms with van der Waals surface area (Å²) >= 11 is 6.00. The van der Waals surface area contributed by atoms with Crippen LogP contribution in [0.25, 0.3) is 17.0 Å². The van der Waals surface area contributed by atoms with Crippen LogP contribution in [0.2, 0.25) is 5.02 Å². The highest BCUT2D eigenvalue weighted by molar-refractivity contribution is 6.31. The van der Waals surface area contributed by atoms with Crippen LogP contribution in [-0.4, -0.2) is 16.1 Å². The van der Waals surface area contributed by atoms with Gasteiger partial charge < -0.3 is 10.1 Å². The second-order valence-electron chi connectivity index (χ2n) is 4.76. The number of aliphatic carboxylic acids is 1. The van der Waals surface area contributed by atoms with Gasteiger partial charge in [-0.2, -0.15) is 0 Å². The van der Waals surface area contributed by atoms with Crippen molar-refractivity contribution in [3.63, 3.8) is 0 Å². The van der Waals surface area contributed by atoms with Gasteiger partial charge in [-0.1, -0.05) is 24.3 Å². The first-order chi connectivity index (χ1) is 9.43. The van der Waals surface area contributed by atoms with Gasteiger partial charge in [0.25, 0.3) is 0 Å². The number of aryl methyl sites for hydroxylation is 1. The van der Waals surface area contributed by atoms with Gasteiger partial charge in [0.05, 0.1) is 5.92 Å². The Kier molecular flexibility index (Phi) is 4.00. The summed E-state index contributed by atoms with van der Waals surface area (Å²) in [7, 11) is 0. The Hall–Kier alpha value is -2.00. The molecule has 0 bridgehead atoms. The van der Waals surface area contributed by atoms with Gasteiger partial charge in [0.1, 0.15) is 0 Å². The number of fused-ring (bicyclic) bond motifs is 1. The maximum atomic E-state index is 11.1. The Morgan fingerprint density at radius 3 is 2.80 bits per heavy atom. The molecule has 0 radical (unpaired) electrons. The highest BCUT2D eigenvalue weighted by atomic mass is 35.5. The second-order valence-corrected chi connectivity index (χ2v) is 5.20. The molecule has 0 aliphatic rings. The zero-order chi connectivity index (χ0) is 14.9. The summed E-state index contributed by atoms with van der Waals surface area (Å²) in [5, 5.41) is 10.8. The molecule has 1 aromatic heterocycles. The van der Waals surface area contributed by atoms with Crippen LogP contribution < -0.4 is 0 Å². The van der Waals surface area contributed by atoms with Crippen LogP contribution in [0.3, 0.4) is 0 Å². The van der Waals surface area contributed by atoms with Crippen LogP contribution in [0, 0.1) is 12.8 Å². The number of allylic oxidation sites excluding steroid dienone is 1. The van der Waals surface area contributed by atoms with Crippen molar-refractivity contribution in [1.82, 2.24) is 4.98 Å². The first-order valence-corrected chi connectivity index (χ1v) is 6.66. The minimum Gasteiger partial charge on any atom is -0.481 e. The molecule has 104 valence electrons. The molecule has 3 nitrogen and oxygen atoms in total. The van der Waals surface area contributed by atoms with E-state index in [0.717, 1.165) is 22.2 Å². The molecular formula is C16H16ClNO2. The van der Waals surface area contributed by atoms with E-state index in [9.17, 15) is 4.79 Å². The summed E-state index contributed by atoms with van der Waals surface area (Å²) in [6.45, 7) is 7.31. The number of aromatic nitrogens is 1. The van der Waals surface area contributed by atoms with Crippen molar-refractivity contribution in [2.24, 2.45) is 5.92 Å². The third kappa shape index (κ3) is 2.63. The van der Waals surface area contributed by atoms with Gasteiger partial charge in [0.2, 0.25) is 0 Å². The molecule has 4 heteroatoms. The summed E-state index contributed by atoms with van der Waals surface area (Å²) in [4.78, 5) is 14.3. The van der Waals surface area contributed by atoms with Gasteiger partial charge in [-0.15, -0.1) is 0 Å². The molecule has 1 atom stereocenters. The van der Waals surface area contributed by atoms with Crippen molar-refractivity contribution < 1.29 is 9.90 Å². The highest BCUT2D eigenvalue weighted by Crippen LogP contribution is 2.27. The van der Waals surface area contributed by atoms with Crippen molar-refractivity contribution in [2.45, 2.75) is 13.8 Å². The topological polar surface area (TPSA) is 53.1 Å². The molecule has 0 saturated carbocycles. The van der Waals surface area contributed by atoms with Crippen LogP contribution in [0.1, 0.15) is 18.2 Å². The van der Waals surface area contributed by atoms with E-state index in [4.69, 9.17) is 16.7 Å². The number of nitrogens with one attached hydrogen (secondary N) is 1. The number of halogens is 1. The normalized spacial score (nSPS) is 13.4. The fourth-order valence-corrected chi connectivity index (χ4v) is 2.31. The van der Waals surface area contributed by atoms with E-state index in [1.54, 1.807) is 13.0 Å². The zero-order valence-corrected chi connectivity index (χ0v) is 12.2. The van der Waals surface area contributed by atoms with E-state index in [1.807, 2.05) is 31.2 Å². The zero-order valence-electron chi connectivity index (χ0n) is 11.4. The van der Waals surface area contributed by atoms with Gasteiger partial charge in [0, 0.05) is 21.6 Å². The predicted molar refractivity (Wildman–Crippen MR) is 83.0 cm³/mol. The molecule has 1 aromatic carbocycles. The number of hydrogen-bond acceptors (Lipinski definition) is 1. The van der Waals surface area contributed by atoms with Crippen LogP contribution >= 0.6 is 11.6 Å². The Morgan fingerprint density at radius 2 is 2.20 bits per heavy atom. The molecule has 0 spiro atoms. The van der Waals surface area contributed by atoms with E-state index in [1.165, 1.54) is 0 Å². The minimum atomic E-state index is -0.868. The maximum absolute atomic E-state index is 11.1. The van der Waals surface area contributed by atoms with Gasteiger partial charge >= 0.3 is 5.97 Å². The smallest absolute Gasteiger partial charge is 0.310 e. The molecule has 0 fully saturated rings. The van der Waals surface area contributed by atoms with Crippen molar-refractivity contribution >= 4 is 34.5 Å². The Morgan fingerprint density at radius 1 is 1.50 bits per heavy atom. The lowest BCUT2D eigenvalue weighted by atomic mass is 9.99. The Bertz CT molecular complexity index is 713. The van der Waals surface area contributed by atoms with Crippen LogP contribution in [0.4, 0.5) is 0 Å². The van der Waals surface area contributed by atoms with E-state index in [-0.39, 0.29) is 0 Å². The number of aromatic amines is 1. The minimum absolute atomic E-state index is 0.595. The number of rotatable bonds is 4. The van der Waals surface area contributed by atoms with Crippen LogP contribution in [0.15, 0.2) is 36.4 Å². The van der Waals surface area contributed by atoms with Gasteiger partial charge in [-0.25, -0.2) is 0 Å². The average molecular weight is 290 g/mol. The van der Waals surface area contributed by atoms with E-state index < -0.39 is 11.9 Å². The van der Waals surface area contributed by atoms with Crippen molar-refractivity contribution in [3.05, 3.63) is 52.7 Å². The number of benzene rings is 1.